The first-order valence-corrected chi connectivity index (χ1v) is 15.1. The molecular formula is C35H44N4O. The number of nitrogens with one attached hydrogen (secondary N) is 1. The molecule has 0 saturated carbocycles. The fourth-order valence-electron chi connectivity index (χ4n) is 6.90. The lowest BCUT2D eigenvalue weighted by molar-refractivity contribution is -0.0482. The highest BCUT2D eigenvalue weighted by molar-refractivity contribution is 5.92. The monoisotopic (exact) mass is 536 g/mol. The summed E-state index contributed by atoms with van der Waals surface area (Å²) >= 11 is 0. The fraction of sp³-hybridized carbons (Fsp3) is 0.457. The Morgan fingerprint density at radius 2 is 1.68 bits per heavy atom. The number of hydrogen-bond donors (Lipinski definition) is 1. The van der Waals surface area contributed by atoms with Gasteiger partial charge in [-0.1, -0.05) is 50.2 Å². The fourth-order valence-corrected chi connectivity index (χ4v) is 6.90. The molecule has 2 aliphatic heterocycles. The Balaban J connectivity index is 1.11. The predicted molar refractivity (Wildman–Crippen MR) is 165 cm³/mol. The summed E-state index contributed by atoms with van der Waals surface area (Å²) in [7, 11) is 0. The normalized spacial score (nSPS) is 19.6. The molecule has 2 aromatic heterocycles. The van der Waals surface area contributed by atoms with E-state index in [9.17, 15) is 0 Å². The van der Waals surface area contributed by atoms with Crippen LogP contribution < -0.4 is 0 Å². The molecule has 0 spiro atoms. The number of likely N-dealkylation sites (tertiary alicyclic amines) is 1. The van der Waals surface area contributed by atoms with Crippen LogP contribution in [0.5, 0.6) is 0 Å². The standard InChI is InChI=1S/C35H44N4O/c1-24(2)34-32-20-29(10-11-33(32)37-35(34)30-18-25(3)36-26(4)19-30)28-12-14-38(15-13-28)22-31-23-39(16-17-40-31)21-27-8-6-5-7-9-27/h5-11,18-20,24,28,31,37H,12-17,21-23H2,1-4H3. The number of morpholine rings is 1. The number of pyridine rings is 1. The van der Waals surface area contributed by atoms with Gasteiger partial charge in [0.1, 0.15) is 0 Å². The first kappa shape index (κ1) is 27.2. The van der Waals surface area contributed by atoms with E-state index in [4.69, 9.17) is 4.74 Å². The van der Waals surface area contributed by atoms with Gasteiger partial charge in [-0.05, 0) is 92.6 Å². The summed E-state index contributed by atoms with van der Waals surface area (Å²) in [5.74, 6) is 1.05. The van der Waals surface area contributed by atoms with Crippen molar-refractivity contribution in [3.8, 4) is 11.3 Å². The van der Waals surface area contributed by atoms with Crippen LogP contribution in [0.3, 0.4) is 0 Å². The highest BCUT2D eigenvalue weighted by Crippen LogP contribution is 2.38. The molecule has 1 unspecified atom stereocenters. The lowest BCUT2D eigenvalue weighted by Gasteiger charge is -2.38. The lowest BCUT2D eigenvalue weighted by atomic mass is 9.87. The minimum absolute atomic E-state index is 0.303. The molecule has 1 N–H and O–H groups in total. The second kappa shape index (κ2) is 11.9. The Morgan fingerprint density at radius 1 is 0.925 bits per heavy atom. The van der Waals surface area contributed by atoms with E-state index < -0.39 is 0 Å². The molecule has 40 heavy (non-hydrogen) atoms. The van der Waals surface area contributed by atoms with Crippen LogP contribution in [0.2, 0.25) is 0 Å². The zero-order valence-corrected chi connectivity index (χ0v) is 24.6. The van der Waals surface area contributed by atoms with Crippen LogP contribution in [0.25, 0.3) is 22.2 Å². The Hall–Kier alpha value is -2.99. The summed E-state index contributed by atoms with van der Waals surface area (Å²) in [6.45, 7) is 16.0. The molecule has 0 amide bonds. The Labute approximate surface area is 239 Å². The van der Waals surface area contributed by atoms with Gasteiger partial charge in [0.25, 0.3) is 0 Å². The lowest BCUT2D eigenvalue weighted by Crippen LogP contribution is -2.48. The number of hydrogen-bond acceptors (Lipinski definition) is 4. The third-order valence-corrected chi connectivity index (χ3v) is 8.80. The van der Waals surface area contributed by atoms with E-state index in [2.05, 4.69) is 108 Å². The number of ether oxygens (including phenoxy) is 1. The van der Waals surface area contributed by atoms with E-state index >= 15 is 0 Å². The summed E-state index contributed by atoms with van der Waals surface area (Å²) in [5, 5.41) is 1.38. The van der Waals surface area contributed by atoms with Gasteiger partial charge in [-0.15, -0.1) is 0 Å². The maximum absolute atomic E-state index is 6.21. The maximum atomic E-state index is 6.21. The maximum Gasteiger partial charge on any atom is 0.0829 e. The van der Waals surface area contributed by atoms with Crippen LogP contribution in [-0.2, 0) is 11.3 Å². The molecule has 2 fully saturated rings. The number of piperidine rings is 1. The van der Waals surface area contributed by atoms with E-state index in [1.54, 1.807) is 0 Å². The van der Waals surface area contributed by atoms with Crippen molar-refractivity contribution in [1.29, 1.82) is 0 Å². The van der Waals surface area contributed by atoms with Crippen molar-refractivity contribution in [2.24, 2.45) is 0 Å². The van der Waals surface area contributed by atoms with Crippen molar-refractivity contribution in [3.63, 3.8) is 0 Å². The van der Waals surface area contributed by atoms with E-state index in [1.165, 1.54) is 51.7 Å². The third-order valence-electron chi connectivity index (χ3n) is 8.80. The van der Waals surface area contributed by atoms with Gasteiger partial charge in [0, 0.05) is 54.0 Å². The quantitative estimate of drug-likeness (QED) is 0.275. The van der Waals surface area contributed by atoms with E-state index in [0.717, 1.165) is 57.3 Å². The smallest absolute Gasteiger partial charge is 0.0829 e. The molecule has 4 heterocycles. The number of rotatable bonds is 7. The molecule has 5 nitrogen and oxygen atoms in total. The van der Waals surface area contributed by atoms with Crippen LogP contribution in [0.4, 0.5) is 0 Å². The molecule has 6 rings (SSSR count). The van der Waals surface area contributed by atoms with Crippen molar-refractivity contribution >= 4 is 10.9 Å². The molecule has 210 valence electrons. The molecule has 0 aliphatic carbocycles. The van der Waals surface area contributed by atoms with Gasteiger partial charge in [0.2, 0.25) is 0 Å². The van der Waals surface area contributed by atoms with Crippen molar-refractivity contribution in [1.82, 2.24) is 19.8 Å². The molecule has 1 atom stereocenters. The molecular weight excluding hydrogens is 492 g/mol. The highest BCUT2D eigenvalue weighted by atomic mass is 16.5. The predicted octanol–water partition coefficient (Wildman–Crippen LogP) is 7.05. The van der Waals surface area contributed by atoms with Crippen molar-refractivity contribution in [2.45, 2.75) is 65.0 Å². The second-order valence-corrected chi connectivity index (χ2v) is 12.3. The number of aryl methyl sites for hydroxylation is 2. The molecule has 4 aromatic rings. The van der Waals surface area contributed by atoms with Crippen LogP contribution in [0.15, 0.2) is 60.7 Å². The number of aromatic nitrogens is 2. The number of benzene rings is 2. The van der Waals surface area contributed by atoms with Gasteiger partial charge in [0.05, 0.1) is 18.4 Å². The Bertz CT molecular complexity index is 1410. The van der Waals surface area contributed by atoms with Gasteiger partial charge < -0.3 is 14.6 Å². The molecule has 0 bridgehead atoms. The zero-order chi connectivity index (χ0) is 27.6. The van der Waals surface area contributed by atoms with E-state index in [1.807, 2.05) is 0 Å². The summed E-state index contributed by atoms with van der Waals surface area (Å²) < 4.78 is 6.21. The molecule has 2 aliphatic rings. The SMILES string of the molecule is Cc1cc(-c2[nH]c3ccc(C4CCN(CC5CN(Cc6ccccc6)CCO5)CC4)cc3c2C(C)C)cc(C)n1. The summed E-state index contributed by atoms with van der Waals surface area (Å²) in [6.07, 6.45) is 2.73. The summed E-state index contributed by atoms with van der Waals surface area (Å²) in [5.41, 5.74) is 10.2. The molecule has 2 aromatic carbocycles. The van der Waals surface area contributed by atoms with Crippen molar-refractivity contribution in [2.75, 3.05) is 39.3 Å². The zero-order valence-electron chi connectivity index (χ0n) is 24.6. The van der Waals surface area contributed by atoms with Gasteiger partial charge in [-0.2, -0.15) is 0 Å². The number of nitrogens with zero attached hydrogens (tertiary/aromatic N) is 3. The first-order chi connectivity index (χ1) is 19.4. The van der Waals surface area contributed by atoms with Crippen LogP contribution >= 0.6 is 0 Å². The first-order valence-electron chi connectivity index (χ1n) is 15.1. The van der Waals surface area contributed by atoms with Crippen LogP contribution in [-0.4, -0.2) is 65.2 Å². The van der Waals surface area contributed by atoms with E-state index in [0.29, 0.717) is 17.9 Å². The Morgan fingerprint density at radius 3 is 2.40 bits per heavy atom. The molecule has 5 heteroatoms. The Kier molecular flexibility index (Phi) is 8.06. The van der Waals surface area contributed by atoms with Crippen LogP contribution in [0, 0.1) is 13.8 Å². The van der Waals surface area contributed by atoms with Gasteiger partial charge in [-0.3, -0.25) is 9.88 Å². The van der Waals surface area contributed by atoms with Gasteiger partial charge in [0.15, 0.2) is 0 Å². The molecule has 0 radical (unpaired) electrons. The number of aromatic amines is 1. The highest BCUT2D eigenvalue weighted by Gasteiger charge is 2.27. The van der Waals surface area contributed by atoms with Crippen LogP contribution in [0.1, 0.15) is 66.6 Å². The number of fused-ring (bicyclic) bond motifs is 1. The van der Waals surface area contributed by atoms with Crippen molar-refractivity contribution in [3.05, 3.63) is 88.7 Å². The average Bonchev–Trinajstić information content (AvgIpc) is 3.33. The minimum atomic E-state index is 0.303. The molecule has 2 saturated heterocycles. The van der Waals surface area contributed by atoms with E-state index in [-0.39, 0.29) is 0 Å². The van der Waals surface area contributed by atoms with Gasteiger partial charge >= 0.3 is 0 Å². The summed E-state index contributed by atoms with van der Waals surface area (Å²) in [6, 6.07) is 22.4. The van der Waals surface area contributed by atoms with Crippen molar-refractivity contribution < 1.29 is 4.74 Å². The minimum Gasteiger partial charge on any atom is -0.374 e. The largest absolute Gasteiger partial charge is 0.374 e. The summed E-state index contributed by atoms with van der Waals surface area (Å²) in [4.78, 5) is 13.5. The van der Waals surface area contributed by atoms with Gasteiger partial charge in [-0.25, -0.2) is 0 Å². The average molecular weight is 537 g/mol. The topological polar surface area (TPSA) is 44.4 Å². The second-order valence-electron chi connectivity index (χ2n) is 12.3. The third kappa shape index (κ3) is 6.02. The number of H-pyrrole nitrogens is 1.